The van der Waals surface area contributed by atoms with Crippen LogP contribution in [-0.4, -0.2) is 11.3 Å². The summed E-state index contributed by atoms with van der Waals surface area (Å²) in [5.74, 6) is -0.213. The number of hydrogen-bond donors (Lipinski definition) is 0. The maximum Gasteiger partial charge on any atom is 0.129 e. The lowest BCUT2D eigenvalue weighted by molar-refractivity contribution is -0.109. The van der Waals surface area contributed by atoms with E-state index in [1.807, 2.05) is 12.1 Å². The van der Waals surface area contributed by atoms with Gasteiger partial charge in [0.2, 0.25) is 0 Å². The van der Waals surface area contributed by atoms with Crippen LogP contribution >= 0.6 is 31.9 Å². The van der Waals surface area contributed by atoms with Gasteiger partial charge in [-0.2, -0.15) is 0 Å². The molecule has 0 spiro atoms. The maximum atomic E-state index is 10.8. The Hall–Kier alpha value is -0.480. The molecule has 0 saturated carbocycles. The first-order valence-electron chi connectivity index (χ1n) is 4.03. The molecule has 1 aromatic heterocycles. The first kappa shape index (κ1) is 11.6. The van der Waals surface area contributed by atoms with E-state index >= 15 is 0 Å². The lowest BCUT2D eigenvalue weighted by Gasteiger charge is -2.08. The Morgan fingerprint density at radius 3 is 2.79 bits per heavy atom. The molecule has 1 aromatic rings. The van der Waals surface area contributed by atoms with Gasteiger partial charge in [0.1, 0.15) is 6.29 Å². The summed E-state index contributed by atoms with van der Waals surface area (Å²) in [7, 11) is 0. The molecule has 0 fully saturated rings. The van der Waals surface area contributed by atoms with Crippen molar-refractivity contribution in [2.24, 2.45) is 0 Å². The molecule has 1 unspecified atom stereocenters. The number of carbonyl (C=O) groups is 1. The van der Waals surface area contributed by atoms with Crippen LogP contribution in [0.5, 0.6) is 0 Å². The van der Waals surface area contributed by atoms with Crippen molar-refractivity contribution in [3.63, 3.8) is 0 Å². The van der Waals surface area contributed by atoms with E-state index in [1.54, 1.807) is 6.20 Å². The summed E-state index contributed by atoms with van der Waals surface area (Å²) in [5.41, 5.74) is 0.767. The Labute approximate surface area is 99.7 Å². The fourth-order valence-electron chi connectivity index (χ4n) is 1.07. The summed E-state index contributed by atoms with van der Waals surface area (Å²) >= 11 is 6.53. The molecule has 74 valence electrons. The molecule has 0 aromatic carbocycles. The standard InChI is InChI=1S/C10H9Br2NO/c1-7(11)4-8(6-14)10-3-2-9(12)5-13-10/h2-3,5-6,8H,1,4H2. The van der Waals surface area contributed by atoms with E-state index in [-0.39, 0.29) is 5.92 Å². The van der Waals surface area contributed by atoms with E-state index in [0.29, 0.717) is 6.42 Å². The highest BCUT2D eigenvalue weighted by atomic mass is 79.9. The Kier molecular flexibility index (Phi) is 4.48. The average molecular weight is 319 g/mol. The normalized spacial score (nSPS) is 12.1. The smallest absolute Gasteiger partial charge is 0.129 e. The lowest BCUT2D eigenvalue weighted by atomic mass is 10.0. The minimum atomic E-state index is -0.213. The average Bonchev–Trinajstić information content (AvgIpc) is 2.15. The lowest BCUT2D eigenvalue weighted by Crippen LogP contribution is -2.02. The van der Waals surface area contributed by atoms with Crippen molar-refractivity contribution in [2.45, 2.75) is 12.3 Å². The first-order valence-corrected chi connectivity index (χ1v) is 5.62. The largest absolute Gasteiger partial charge is 0.303 e. The summed E-state index contributed by atoms with van der Waals surface area (Å²) in [5, 5.41) is 0. The molecule has 2 nitrogen and oxygen atoms in total. The molecule has 4 heteroatoms. The van der Waals surface area contributed by atoms with E-state index in [4.69, 9.17) is 0 Å². The Morgan fingerprint density at radius 1 is 1.64 bits per heavy atom. The first-order chi connectivity index (χ1) is 6.63. The Balaban J connectivity index is 2.84. The summed E-state index contributed by atoms with van der Waals surface area (Å²) in [6.45, 7) is 3.71. The van der Waals surface area contributed by atoms with E-state index < -0.39 is 0 Å². The zero-order valence-electron chi connectivity index (χ0n) is 7.41. The van der Waals surface area contributed by atoms with Crippen LogP contribution < -0.4 is 0 Å². The number of aromatic nitrogens is 1. The Bertz CT molecular complexity index is 334. The van der Waals surface area contributed by atoms with Crippen LogP contribution in [0.15, 0.2) is 33.9 Å². The number of nitrogens with zero attached hydrogens (tertiary/aromatic N) is 1. The fraction of sp³-hybridized carbons (Fsp3) is 0.200. The van der Waals surface area contributed by atoms with Gasteiger partial charge in [0.25, 0.3) is 0 Å². The van der Waals surface area contributed by atoms with Gasteiger partial charge in [-0.05, 0) is 39.0 Å². The molecule has 1 atom stereocenters. The van der Waals surface area contributed by atoms with Crippen molar-refractivity contribution >= 4 is 38.1 Å². The second-order valence-corrected chi connectivity index (χ2v) is 4.90. The van der Waals surface area contributed by atoms with Gasteiger partial charge < -0.3 is 4.79 Å². The summed E-state index contributed by atoms with van der Waals surface area (Å²) in [6.07, 6.45) is 3.16. The second kappa shape index (κ2) is 5.41. The van der Waals surface area contributed by atoms with Crippen molar-refractivity contribution in [1.82, 2.24) is 4.98 Å². The van der Waals surface area contributed by atoms with Crippen molar-refractivity contribution < 1.29 is 4.79 Å². The highest BCUT2D eigenvalue weighted by Crippen LogP contribution is 2.23. The topological polar surface area (TPSA) is 30.0 Å². The zero-order valence-corrected chi connectivity index (χ0v) is 10.6. The van der Waals surface area contributed by atoms with Gasteiger partial charge in [-0.3, -0.25) is 4.98 Å². The van der Waals surface area contributed by atoms with Crippen LogP contribution in [0.1, 0.15) is 18.0 Å². The Morgan fingerprint density at radius 2 is 2.36 bits per heavy atom. The van der Waals surface area contributed by atoms with Crippen LogP contribution in [0.3, 0.4) is 0 Å². The van der Waals surface area contributed by atoms with Crippen molar-refractivity contribution in [1.29, 1.82) is 0 Å². The van der Waals surface area contributed by atoms with E-state index in [9.17, 15) is 4.79 Å². The number of pyridine rings is 1. The molecular formula is C10H9Br2NO. The maximum absolute atomic E-state index is 10.8. The predicted molar refractivity (Wildman–Crippen MR) is 63.4 cm³/mol. The molecular weight excluding hydrogens is 310 g/mol. The molecule has 1 rings (SSSR count). The fourth-order valence-corrected chi connectivity index (χ4v) is 1.65. The second-order valence-electron chi connectivity index (χ2n) is 2.87. The molecule has 14 heavy (non-hydrogen) atoms. The number of carbonyl (C=O) groups excluding carboxylic acids is 1. The molecule has 0 bridgehead atoms. The van der Waals surface area contributed by atoms with E-state index in [0.717, 1.165) is 20.9 Å². The molecule has 0 aliphatic carbocycles. The predicted octanol–water partition coefficient (Wildman–Crippen LogP) is 3.43. The van der Waals surface area contributed by atoms with Crippen LogP contribution in [-0.2, 0) is 4.79 Å². The molecule has 0 N–H and O–H groups in total. The van der Waals surface area contributed by atoms with Gasteiger partial charge in [0.05, 0.1) is 11.6 Å². The molecule has 0 saturated heterocycles. The van der Waals surface area contributed by atoms with Gasteiger partial charge in [0, 0.05) is 10.7 Å². The van der Waals surface area contributed by atoms with E-state index in [2.05, 4.69) is 43.4 Å². The number of rotatable bonds is 4. The highest BCUT2D eigenvalue weighted by Gasteiger charge is 2.12. The van der Waals surface area contributed by atoms with Gasteiger partial charge in [0.15, 0.2) is 0 Å². The summed E-state index contributed by atoms with van der Waals surface area (Å²) in [6, 6.07) is 3.70. The minimum Gasteiger partial charge on any atom is -0.303 e. The molecule has 0 amide bonds. The number of hydrogen-bond acceptors (Lipinski definition) is 2. The summed E-state index contributed by atoms with van der Waals surface area (Å²) in [4.78, 5) is 15.0. The van der Waals surface area contributed by atoms with Crippen LogP contribution in [0.25, 0.3) is 0 Å². The third kappa shape index (κ3) is 3.35. The monoisotopic (exact) mass is 317 g/mol. The minimum absolute atomic E-state index is 0.213. The summed E-state index contributed by atoms with van der Waals surface area (Å²) < 4.78 is 1.71. The van der Waals surface area contributed by atoms with Gasteiger partial charge in [-0.15, -0.1) is 0 Å². The van der Waals surface area contributed by atoms with Crippen molar-refractivity contribution in [3.8, 4) is 0 Å². The molecule has 0 aliphatic rings. The van der Waals surface area contributed by atoms with Crippen LogP contribution in [0, 0.1) is 0 Å². The third-order valence-electron chi connectivity index (χ3n) is 1.74. The van der Waals surface area contributed by atoms with Crippen molar-refractivity contribution in [3.05, 3.63) is 39.6 Å². The quantitative estimate of drug-likeness (QED) is 0.796. The zero-order chi connectivity index (χ0) is 10.6. The number of allylic oxidation sites excluding steroid dienone is 1. The molecule has 0 radical (unpaired) electrons. The SMILES string of the molecule is C=C(Br)CC(C=O)c1ccc(Br)cn1. The van der Waals surface area contributed by atoms with Gasteiger partial charge >= 0.3 is 0 Å². The third-order valence-corrected chi connectivity index (χ3v) is 2.53. The number of aldehydes is 1. The van der Waals surface area contributed by atoms with Crippen LogP contribution in [0.2, 0.25) is 0 Å². The van der Waals surface area contributed by atoms with Gasteiger partial charge in [-0.25, -0.2) is 0 Å². The van der Waals surface area contributed by atoms with Gasteiger partial charge in [-0.1, -0.05) is 22.5 Å². The molecule has 1 heterocycles. The highest BCUT2D eigenvalue weighted by molar-refractivity contribution is 9.11. The molecule has 0 aliphatic heterocycles. The number of halogens is 2. The van der Waals surface area contributed by atoms with Crippen molar-refractivity contribution in [2.75, 3.05) is 0 Å². The van der Waals surface area contributed by atoms with E-state index in [1.165, 1.54) is 0 Å². The van der Waals surface area contributed by atoms with Crippen LogP contribution in [0.4, 0.5) is 0 Å².